The number of pyridine rings is 1. The SMILES string of the molecule is CCNC(=NCCC(O)c1ccccc1)NCCNC(=O)c1cccnc1. The third kappa shape index (κ3) is 7.45. The number of nitrogens with one attached hydrogen (secondary N) is 3. The van der Waals surface area contributed by atoms with Crippen molar-refractivity contribution in [2.75, 3.05) is 26.2 Å². The summed E-state index contributed by atoms with van der Waals surface area (Å²) in [6.07, 6.45) is 3.17. The van der Waals surface area contributed by atoms with E-state index in [1.54, 1.807) is 18.3 Å². The molecule has 0 bridgehead atoms. The molecule has 1 heterocycles. The molecule has 0 aliphatic heterocycles. The monoisotopic (exact) mass is 369 g/mol. The Morgan fingerprint density at radius 2 is 1.89 bits per heavy atom. The number of amides is 1. The fraction of sp³-hybridized carbons (Fsp3) is 0.350. The van der Waals surface area contributed by atoms with E-state index in [2.05, 4.69) is 25.9 Å². The molecule has 1 amide bonds. The highest BCUT2D eigenvalue weighted by atomic mass is 16.3. The zero-order chi connectivity index (χ0) is 19.3. The fourth-order valence-electron chi connectivity index (χ4n) is 2.44. The quantitative estimate of drug-likeness (QED) is 0.305. The van der Waals surface area contributed by atoms with E-state index in [1.807, 2.05) is 37.3 Å². The van der Waals surface area contributed by atoms with Gasteiger partial charge in [-0.3, -0.25) is 14.8 Å². The molecule has 1 aromatic heterocycles. The molecule has 0 fully saturated rings. The molecule has 1 unspecified atom stereocenters. The Bertz CT molecular complexity index is 707. The van der Waals surface area contributed by atoms with E-state index in [9.17, 15) is 9.90 Å². The third-order valence-electron chi connectivity index (χ3n) is 3.83. The minimum atomic E-state index is -0.531. The molecule has 0 aliphatic rings. The second-order valence-corrected chi connectivity index (χ2v) is 5.90. The molecular weight excluding hydrogens is 342 g/mol. The van der Waals surface area contributed by atoms with Gasteiger partial charge in [0.25, 0.3) is 5.91 Å². The van der Waals surface area contributed by atoms with E-state index in [4.69, 9.17) is 0 Å². The summed E-state index contributed by atoms with van der Waals surface area (Å²) in [5.41, 5.74) is 1.43. The van der Waals surface area contributed by atoms with E-state index in [0.29, 0.717) is 37.6 Å². The highest BCUT2D eigenvalue weighted by molar-refractivity contribution is 5.93. The lowest BCUT2D eigenvalue weighted by Crippen LogP contribution is -2.41. The Hall–Kier alpha value is -2.93. The molecule has 7 nitrogen and oxygen atoms in total. The average Bonchev–Trinajstić information content (AvgIpc) is 2.72. The summed E-state index contributed by atoms with van der Waals surface area (Å²) in [6, 6.07) is 13.0. The van der Waals surface area contributed by atoms with Crippen molar-refractivity contribution in [3.05, 3.63) is 66.0 Å². The highest BCUT2D eigenvalue weighted by Gasteiger charge is 2.07. The summed E-state index contributed by atoms with van der Waals surface area (Å²) in [4.78, 5) is 20.3. The van der Waals surface area contributed by atoms with Gasteiger partial charge in [0.1, 0.15) is 0 Å². The lowest BCUT2D eigenvalue weighted by Gasteiger charge is -2.13. The van der Waals surface area contributed by atoms with Crippen LogP contribution >= 0.6 is 0 Å². The molecule has 1 atom stereocenters. The Labute approximate surface area is 159 Å². The summed E-state index contributed by atoms with van der Waals surface area (Å²) >= 11 is 0. The lowest BCUT2D eigenvalue weighted by molar-refractivity contribution is 0.0954. The normalized spacial score (nSPS) is 12.3. The minimum absolute atomic E-state index is 0.155. The van der Waals surface area contributed by atoms with Crippen LogP contribution in [0.3, 0.4) is 0 Å². The number of carbonyl (C=O) groups excluding carboxylic acids is 1. The van der Waals surface area contributed by atoms with Crippen LogP contribution in [0.4, 0.5) is 0 Å². The van der Waals surface area contributed by atoms with Gasteiger partial charge in [0.2, 0.25) is 0 Å². The number of aliphatic hydroxyl groups excluding tert-OH is 1. The maximum absolute atomic E-state index is 11.9. The van der Waals surface area contributed by atoms with Crippen LogP contribution in [0.25, 0.3) is 0 Å². The average molecular weight is 369 g/mol. The number of aliphatic imine (C=N–C) groups is 1. The minimum Gasteiger partial charge on any atom is -0.388 e. The molecular formula is C20H27N5O2. The Morgan fingerprint density at radius 3 is 2.59 bits per heavy atom. The second kappa shape index (κ2) is 11.6. The molecule has 1 aromatic carbocycles. The summed E-state index contributed by atoms with van der Waals surface area (Å²) in [5, 5.41) is 19.3. The number of aliphatic hydroxyl groups is 1. The van der Waals surface area contributed by atoms with Crippen LogP contribution in [0.1, 0.15) is 35.4 Å². The number of carbonyl (C=O) groups is 1. The van der Waals surface area contributed by atoms with Crippen molar-refractivity contribution in [3.8, 4) is 0 Å². The van der Waals surface area contributed by atoms with Gasteiger partial charge in [-0.15, -0.1) is 0 Å². The predicted molar refractivity (Wildman–Crippen MR) is 107 cm³/mol. The Kier molecular flexibility index (Phi) is 8.79. The number of nitrogens with zero attached hydrogens (tertiary/aromatic N) is 2. The molecule has 0 saturated carbocycles. The summed E-state index contributed by atoms with van der Waals surface area (Å²) < 4.78 is 0. The van der Waals surface area contributed by atoms with E-state index in [1.165, 1.54) is 6.20 Å². The first-order chi connectivity index (χ1) is 13.2. The van der Waals surface area contributed by atoms with Crippen LogP contribution < -0.4 is 16.0 Å². The Morgan fingerprint density at radius 1 is 1.11 bits per heavy atom. The van der Waals surface area contributed by atoms with Gasteiger partial charge in [0, 0.05) is 38.6 Å². The summed E-state index contributed by atoms with van der Waals surface area (Å²) in [5.74, 6) is 0.506. The number of aromatic nitrogens is 1. The van der Waals surface area contributed by atoms with E-state index in [-0.39, 0.29) is 5.91 Å². The summed E-state index contributed by atoms with van der Waals surface area (Å²) in [6.45, 7) is 4.21. The van der Waals surface area contributed by atoms with Gasteiger partial charge in [-0.1, -0.05) is 30.3 Å². The van der Waals surface area contributed by atoms with Crippen LogP contribution in [-0.4, -0.2) is 48.1 Å². The van der Waals surface area contributed by atoms with Crippen molar-refractivity contribution in [1.82, 2.24) is 20.9 Å². The molecule has 0 aliphatic carbocycles. The van der Waals surface area contributed by atoms with Crippen molar-refractivity contribution in [2.24, 2.45) is 4.99 Å². The van der Waals surface area contributed by atoms with E-state index < -0.39 is 6.10 Å². The Balaban J connectivity index is 1.72. The first-order valence-corrected chi connectivity index (χ1v) is 9.14. The standard InChI is InChI=1S/C20H27N5O2/c1-2-22-20(24-12-10-18(26)16-7-4-3-5-8-16)25-14-13-23-19(27)17-9-6-11-21-15-17/h3-9,11,15,18,26H,2,10,12-14H2,1H3,(H,23,27)(H2,22,24,25). The van der Waals surface area contributed by atoms with Gasteiger partial charge in [0.05, 0.1) is 11.7 Å². The van der Waals surface area contributed by atoms with Gasteiger partial charge in [-0.2, -0.15) is 0 Å². The maximum atomic E-state index is 11.9. The molecule has 4 N–H and O–H groups in total. The fourth-order valence-corrected chi connectivity index (χ4v) is 2.44. The first kappa shape index (κ1) is 20.4. The molecule has 27 heavy (non-hydrogen) atoms. The molecule has 0 saturated heterocycles. The summed E-state index contributed by atoms with van der Waals surface area (Å²) in [7, 11) is 0. The number of hydrogen-bond donors (Lipinski definition) is 4. The van der Waals surface area contributed by atoms with Crippen molar-refractivity contribution in [2.45, 2.75) is 19.4 Å². The van der Waals surface area contributed by atoms with Crippen molar-refractivity contribution in [1.29, 1.82) is 0 Å². The van der Waals surface area contributed by atoms with Crippen LogP contribution in [0, 0.1) is 0 Å². The van der Waals surface area contributed by atoms with Crippen LogP contribution in [0.15, 0.2) is 59.9 Å². The lowest BCUT2D eigenvalue weighted by atomic mass is 10.1. The largest absolute Gasteiger partial charge is 0.388 e. The number of rotatable bonds is 9. The van der Waals surface area contributed by atoms with Gasteiger partial charge < -0.3 is 21.1 Å². The number of guanidine groups is 1. The molecule has 7 heteroatoms. The van der Waals surface area contributed by atoms with Crippen molar-refractivity contribution < 1.29 is 9.90 Å². The maximum Gasteiger partial charge on any atom is 0.252 e. The second-order valence-electron chi connectivity index (χ2n) is 5.90. The van der Waals surface area contributed by atoms with Crippen molar-refractivity contribution >= 4 is 11.9 Å². The number of benzene rings is 1. The van der Waals surface area contributed by atoms with E-state index in [0.717, 1.165) is 12.1 Å². The molecule has 2 aromatic rings. The van der Waals surface area contributed by atoms with Gasteiger partial charge in [-0.05, 0) is 31.0 Å². The zero-order valence-corrected chi connectivity index (χ0v) is 15.6. The van der Waals surface area contributed by atoms with Gasteiger partial charge in [0.15, 0.2) is 5.96 Å². The number of hydrogen-bond acceptors (Lipinski definition) is 4. The molecule has 0 spiro atoms. The van der Waals surface area contributed by atoms with Crippen molar-refractivity contribution in [3.63, 3.8) is 0 Å². The third-order valence-corrected chi connectivity index (χ3v) is 3.83. The smallest absolute Gasteiger partial charge is 0.252 e. The molecule has 144 valence electrons. The van der Waals surface area contributed by atoms with E-state index >= 15 is 0 Å². The predicted octanol–water partition coefficient (Wildman–Crippen LogP) is 1.49. The molecule has 0 radical (unpaired) electrons. The molecule has 2 rings (SSSR count). The topological polar surface area (TPSA) is 98.6 Å². The van der Waals surface area contributed by atoms with Crippen LogP contribution in [-0.2, 0) is 0 Å². The highest BCUT2D eigenvalue weighted by Crippen LogP contribution is 2.15. The zero-order valence-electron chi connectivity index (χ0n) is 15.6. The van der Waals surface area contributed by atoms with Gasteiger partial charge >= 0.3 is 0 Å². The first-order valence-electron chi connectivity index (χ1n) is 9.14. The van der Waals surface area contributed by atoms with Crippen LogP contribution in [0.2, 0.25) is 0 Å². The van der Waals surface area contributed by atoms with Crippen LogP contribution in [0.5, 0.6) is 0 Å². The van der Waals surface area contributed by atoms with Gasteiger partial charge in [-0.25, -0.2) is 0 Å².